The van der Waals surface area contributed by atoms with Crippen LogP contribution < -0.4 is 5.32 Å². The van der Waals surface area contributed by atoms with Crippen molar-refractivity contribution in [2.75, 3.05) is 6.54 Å². The predicted molar refractivity (Wildman–Crippen MR) is 102 cm³/mol. The van der Waals surface area contributed by atoms with E-state index in [4.69, 9.17) is 16.7 Å². The molecule has 7 nitrogen and oxygen atoms in total. The highest BCUT2D eigenvalue weighted by Gasteiger charge is 2.28. The van der Waals surface area contributed by atoms with Crippen LogP contribution in [0.25, 0.3) is 11.3 Å². The molecule has 11 heteroatoms. The number of nitrogens with one attached hydrogen (secondary N) is 1. The van der Waals surface area contributed by atoms with Gasteiger partial charge >= 0.3 is 6.09 Å². The number of benzene rings is 1. The summed E-state index contributed by atoms with van der Waals surface area (Å²) in [6, 6.07) is 8.57. The van der Waals surface area contributed by atoms with E-state index in [0.717, 1.165) is 11.3 Å². The van der Waals surface area contributed by atoms with E-state index in [-0.39, 0.29) is 38.4 Å². The third-order valence-corrected chi connectivity index (χ3v) is 7.23. The average Bonchev–Trinajstić information content (AvgIpc) is 3.06. The summed E-state index contributed by atoms with van der Waals surface area (Å²) in [5, 5.41) is 11.4. The molecule has 0 saturated heterocycles. The summed E-state index contributed by atoms with van der Waals surface area (Å²) >= 11 is 6.77. The lowest BCUT2D eigenvalue weighted by molar-refractivity contribution is 0.194. The van der Waals surface area contributed by atoms with E-state index in [9.17, 15) is 17.6 Å². The number of pyridine rings is 1. The first kappa shape index (κ1) is 20.2. The molecule has 0 bridgehead atoms. The van der Waals surface area contributed by atoms with Crippen molar-refractivity contribution in [3.63, 3.8) is 0 Å². The minimum absolute atomic E-state index is 0.0362. The third kappa shape index (κ3) is 4.29. The maximum absolute atomic E-state index is 14.2. The van der Waals surface area contributed by atoms with Crippen LogP contribution in [0.3, 0.4) is 0 Å². The molecule has 28 heavy (non-hydrogen) atoms. The van der Waals surface area contributed by atoms with Crippen molar-refractivity contribution in [2.45, 2.75) is 15.5 Å². The lowest BCUT2D eigenvalue weighted by Gasteiger charge is -2.05. The number of halogens is 2. The van der Waals surface area contributed by atoms with Crippen LogP contribution in [0.1, 0.15) is 5.01 Å². The van der Waals surface area contributed by atoms with Crippen LogP contribution in [0.15, 0.2) is 51.7 Å². The molecule has 0 saturated carbocycles. The summed E-state index contributed by atoms with van der Waals surface area (Å²) in [4.78, 5) is 18.4. The fourth-order valence-electron chi connectivity index (χ4n) is 2.39. The molecule has 0 aliphatic carbocycles. The zero-order chi connectivity index (χ0) is 20.3. The first-order valence-corrected chi connectivity index (χ1v) is 10.5. The number of hydrogen-bond acceptors (Lipinski definition) is 6. The Balaban J connectivity index is 2.11. The predicted octanol–water partition coefficient (Wildman–Crippen LogP) is 3.64. The second kappa shape index (κ2) is 8.21. The molecule has 1 aromatic carbocycles. The van der Waals surface area contributed by atoms with Gasteiger partial charge in [0, 0.05) is 24.2 Å². The Morgan fingerprint density at radius 2 is 2.07 bits per heavy atom. The summed E-state index contributed by atoms with van der Waals surface area (Å²) in [6.07, 6.45) is 0.187. The number of carboxylic acid groups (broad SMARTS) is 1. The average molecular weight is 442 g/mol. The van der Waals surface area contributed by atoms with Crippen LogP contribution in [0.5, 0.6) is 0 Å². The van der Waals surface area contributed by atoms with Crippen LogP contribution in [0.2, 0.25) is 5.02 Å². The largest absolute Gasteiger partial charge is 0.465 e. The van der Waals surface area contributed by atoms with Gasteiger partial charge in [0.25, 0.3) is 0 Å². The Morgan fingerprint density at radius 3 is 2.75 bits per heavy atom. The molecule has 3 aromatic rings. The van der Waals surface area contributed by atoms with E-state index in [0.29, 0.717) is 5.01 Å². The fourth-order valence-corrected chi connectivity index (χ4v) is 5.63. The third-order valence-electron chi connectivity index (χ3n) is 3.62. The second-order valence-corrected chi connectivity index (χ2v) is 9.19. The molecule has 0 fully saturated rings. The normalized spacial score (nSPS) is 11.4. The van der Waals surface area contributed by atoms with Gasteiger partial charge in [-0.2, -0.15) is 4.39 Å². The minimum atomic E-state index is -4.04. The van der Waals surface area contributed by atoms with E-state index < -0.39 is 21.9 Å². The molecule has 2 aromatic heterocycles. The quantitative estimate of drug-likeness (QED) is 0.565. The topological polar surface area (TPSA) is 109 Å². The lowest BCUT2D eigenvalue weighted by atomic mass is 10.2. The van der Waals surface area contributed by atoms with Crippen molar-refractivity contribution in [1.29, 1.82) is 0 Å². The number of nitrogens with zero attached hydrogens (tertiary/aromatic N) is 2. The minimum Gasteiger partial charge on any atom is -0.465 e. The lowest BCUT2D eigenvalue weighted by Crippen LogP contribution is -2.23. The fraction of sp³-hybridized carbons (Fsp3) is 0.118. The van der Waals surface area contributed by atoms with Gasteiger partial charge in [-0.25, -0.2) is 23.2 Å². The summed E-state index contributed by atoms with van der Waals surface area (Å²) < 4.78 is 40.4. The van der Waals surface area contributed by atoms with E-state index in [1.54, 1.807) is 0 Å². The Bertz CT molecular complexity index is 1130. The SMILES string of the molecule is O=C(O)NCCc1nc(-c2cccnc2F)c(S(=O)(=O)c2cccc(Cl)c2)s1. The number of thiazole rings is 1. The van der Waals surface area contributed by atoms with E-state index in [2.05, 4.69) is 15.3 Å². The van der Waals surface area contributed by atoms with Crippen LogP contribution >= 0.6 is 22.9 Å². The van der Waals surface area contributed by atoms with Crippen LogP contribution in [0, 0.1) is 5.95 Å². The van der Waals surface area contributed by atoms with Gasteiger partial charge in [0.15, 0.2) is 4.21 Å². The van der Waals surface area contributed by atoms with Crippen LogP contribution in [0.4, 0.5) is 9.18 Å². The molecule has 0 unspecified atom stereocenters. The molecule has 1 amide bonds. The first-order valence-electron chi connectivity index (χ1n) is 7.87. The van der Waals surface area contributed by atoms with Crippen molar-refractivity contribution in [2.24, 2.45) is 0 Å². The summed E-state index contributed by atoms with van der Waals surface area (Å²) in [6.45, 7) is 0.0362. The maximum Gasteiger partial charge on any atom is 0.404 e. The van der Waals surface area contributed by atoms with Gasteiger partial charge < -0.3 is 10.4 Å². The summed E-state index contributed by atoms with van der Waals surface area (Å²) in [5.74, 6) is -0.856. The van der Waals surface area contributed by atoms with E-state index >= 15 is 0 Å². The molecule has 0 aliphatic rings. The van der Waals surface area contributed by atoms with Crippen molar-refractivity contribution in [1.82, 2.24) is 15.3 Å². The Labute approximate surface area is 168 Å². The Morgan fingerprint density at radius 1 is 1.29 bits per heavy atom. The molecular weight excluding hydrogens is 429 g/mol. The summed E-state index contributed by atoms with van der Waals surface area (Å²) in [7, 11) is -4.04. The molecule has 0 aliphatic heterocycles. The molecule has 0 radical (unpaired) electrons. The molecule has 0 atom stereocenters. The number of hydrogen-bond donors (Lipinski definition) is 2. The van der Waals surface area contributed by atoms with Gasteiger partial charge in [-0.1, -0.05) is 17.7 Å². The molecule has 0 spiro atoms. The van der Waals surface area contributed by atoms with Crippen molar-refractivity contribution < 1.29 is 22.7 Å². The van der Waals surface area contributed by atoms with Crippen LogP contribution in [-0.4, -0.2) is 36.1 Å². The molecular formula is C17H13ClFN3O4S2. The number of carbonyl (C=O) groups is 1. The van der Waals surface area contributed by atoms with Gasteiger partial charge in [-0.3, -0.25) is 0 Å². The number of sulfone groups is 1. The first-order chi connectivity index (χ1) is 13.3. The highest BCUT2D eigenvalue weighted by molar-refractivity contribution is 7.93. The number of amides is 1. The van der Waals surface area contributed by atoms with Gasteiger partial charge in [-0.05, 0) is 30.3 Å². The smallest absolute Gasteiger partial charge is 0.404 e. The van der Waals surface area contributed by atoms with E-state index in [1.165, 1.54) is 42.6 Å². The molecule has 3 rings (SSSR count). The van der Waals surface area contributed by atoms with Crippen molar-refractivity contribution in [3.05, 3.63) is 58.6 Å². The van der Waals surface area contributed by atoms with Gasteiger partial charge in [0.05, 0.1) is 15.5 Å². The Hall–Kier alpha value is -2.56. The number of aromatic nitrogens is 2. The molecule has 2 N–H and O–H groups in total. The second-order valence-electron chi connectivity index (χ2n) is 5.53. The summed E-state index contributed by atoms with van der Waals surface area (Å²) in [5.41, 5.74) is -0.127. The van der Waals surface area contributed by atoms with E-state index in [1.807, 2.05) is 0 Å². The maximum atomic E-state index is 14.2. The van der Waals surface area contributed by atoms with Crippen molar-refractivity contribution >= 4 is 38.9 Å². The standard InChI is InChI=1S/C17H13ClFN3O4S2/c18-10-3-1-4-11(9-10)28(25,26)16-14(12-5-2-7-20-15(12)19)22-13(27-16)6-8-21-17(23)24/h1-5,7,9,21H,6,8H2,(H,23,24). The van der Waals surface area contributed by atoms with Gasteiger partial charge in [-0.15, -0.1) is 11.3 Å². The van der Waals surface area contributed by atoms with Crippen molar-refractivity contribution in [3.8, 4) is 11.3 Å². The highest BCUT2D eigenvalue weighted by atomic mass is 35.5. The van der Waals surface area contributed by atoms with Gasteiger partial charge in [0.1, 0.15) is 5.69 Å². The number of rotatable bonds is 6. The molecule has 146 valence electrons. The van der Waals surface area contributed by atoms with Gasteiger partial charge in [0.2, 0.25) is 15.8 Å². The Kier molecular flexibility index (Phi) is 5.92. The van der Waals surface area contributed by atoms with Crippen LogP contribution in [-0.2, 0) is 16.3 Å². The monoisotopic (exact) mass is 441 g/mol. The molecule has 2 heterocycles. The zero-order valence-electron chi connectivity index (χ0n) is 14.1. The zero-order valence-corrected chi connectivity index (χ0v) is 16.5. The highest BCUT2D eigenvalue weighted by Crippen LogP contribution is 2.37.